The Labute approximate surface area is 249 Å². The maximum Gasteiger partial charge on any atom is 0.271 e. The van der Waals surface area contributed by atoms with Crippen molar-refractivity contribution >= 4 is 29.5 Å². The van der Waals surface area contributed by atoms with Crippen molar-refractivity contribution in [2.75, 3.05) is 6.61 Å². The summed E-state index contributed by atoms with van der Waals surface area (Å²) >= 11 is 6.34. The lowest BCUT2D eigenvalue weighted by atomic mass is 9.93. The van der Waals surface area contributed by atoms with E-state index in [2.05, 4.69) is 6.92 Å². The molecule has 1 aromatic heterocycles. The Bertz CT molecular complexity index is 1780. The van der Waals surface area contributed by atoms with E-state index in [1.807, 2.05) is 67.7 Å². The van der Waals surface area contributed by atoms with E-state index >= 15 is 0 Å². The fourth-order valence-corrected chi connectivity index (χ4v) is 5.02. The minimum Gasteiger partial charge on any atom is -0.493 e. The van der Waals surface area contributed by atoms with Crippen molar-refractivity contribution in [1.82, 2.24) is 14.7 Å². The summed E-state index contributed by atoms with van der Waals surface area (Å²) in [5.74, 6) is -0.346. The molecule has 0 N–H and O–H groups in total. The first-order chi connectivity index (χ1) is 20.3. The van der Waals surface area contributed by atoms with Gasteiger partial charge in [0, 0.05) is 27.9 Å². The Morgan fingerprint density at radius 1 is 1.00 bits per heavy atom. The van der Waals surface area contributed by atoms with Crippen molar-refractivity contribution in [1.29, 1.82) is 5.26 Å². The molecule has 3 aromatic carbocycles. The number of benzene rings is 3. The van der Waals surface area contributed by atoms with Crippen LogP contribution in [-0.4, -0.2) is 33.1 Å². The van der Waals surface area contributed by atoms with Gasteiger partial charge in [0.25, 0.3) is 11.8 Å². The highest BCUT2D eigenvalue weighted by atomic mass is 35.5. The quantitative estimate of drug-likeness (QED) is 0.165. The topological polar surface area (TPSA) is 88.2 Å². The molecule has 0 fully saturated rings. The van der Waals surface area contributed by atoms with Crippen LogP contribution in [0.1, 0.15) is 37.0 Å². The number of nitrogens with zero attached hydrogens (tertiary/aromatic N) is 4. The largest absolute Gasteiger partial charge is 0.493 e. The van der Waals surface area contributed by atoms with Gasteiger partial charge in [0.15, 0.2) is 0 Å². The van der Waals surface area contributed by atoms with Crippen LogP contribution in [0.25, 0.3) is 23.0 Å². The van der Waals surface area contributed by atoms with Crippen molar-refractivity contribution in [3.8, 4) is 28.8 Å². The van der Waals surface area contributed by atoms with Gasteiger partial charge >= 0.3 is 0 Å². The molecule has 210 valence electrons. The van der Waals surface area contributed by atoms with Crippen LogP contribution in [0.2, 0.25) is 5.02 Å². The standard InChI is InChI=1S/C34H29ClN4O3/c1-4-16-42-31-15-14-24(17-22(31)2)32-26(21-39(37-32)27-11-6-5-7-12-27)18-28-23(3)29(19-36)34(41)38(33(28)40)20-25-10-8-9-13-30(25)35/h5-15,17-18,21H,4,16,20H2,1-3H3/b28-18+. The Hall–Kier alpha value is -4.93. The van der Waals surface area contributed by atoms with Crippen molar-refractivity contribution in [2.24, 2.45) is 0 Å². The second-order valence-corrected chi connectivity index (χ2v) is 10.4. The number of imide groups is 1. The molecule has 0 aliphatic carbocycles. The Kier molecular flexibility index (Phi) is 8.37. The van der Waals surface area contributed by atoms with Gasteiger partial charge in [-0.2, -0.15) is 10.4 Å². The second kappa shape index (κ2) is 12.3. The zero-order chi connectivity index (χ0) is 29.8. The minimum atomic E-state index is -0.643. The number of aryl methyl sites for hydroxylation is 1. The predicted molar refractivity (Wildman–Crippen MR) is 163 cm³/mol. The molecule has 0 spiro atoms. The number of hydrogen-bond acceptors (Lipinski definition) is 5. The summed E-state index contributed by atoms with van der Waals surface area (Å²) in [6.07, 6.45) is 4.46. The van der Waals surface area contributed by atoms with Crippen molar-refractivity contribution in [3.05, 3.63) is 117 Å². The monoisotopic (exact) mass is 576 g/mol. The lowest BCUT2D eigenvalue weighted by Gasteiger charge is -2.27. The van der Waals surface area contributed by atoms with Crippen LogP contribution in [0, 0.1) is 18.3 Å². The van der Waals surface area contributed by atoms with Gasteiger partial charge in [-0.05, 0) is 79.4 Å². The minimum absolute atomic E-state index is 0.0539. The molecule has 0 atom stereocenters. The van der Waals surface area contributed by atoms with Gasteiger partial charge < -0.3 is 4.74 Å². The maximum absolute atomic E-state index is 13.9. The average Bonchev–Trinajstić information content (AvgIpc) is 3.42. The number of aromatic nitrogens is 2. The lowest BCUT2D eigenvalue weighted by Crippen LogP contribution is -2.42. The fraction of sp³-hybridized carbons (Fsp3) is 0.176. The molecule has 0 bridgehead atoms. The summed E-state index contributed by atoms with van der Waals surface area (Å²) < 4.78 is 7.62. The molecule has 2 amide bonds. The average molecular weight is 577 g/mol. The molecule has 0 radical (unpaired) electrons. The van der Waals surface area contributed by atoms with Gasteiger partial charge in [-0.15, -0.1) is 0 Å². The summed E-state index contributed by atoms with van der Waals surface area (Å²) in [7, 11) is 0. The molecule has 2 heterocycles. The molecule has 1 aliphatic rings. The first-order valence-corrected chi connectivity index (χ1v) is 14.0. The number of para-hydroxylation sites is 1. The molecule has 0 unspecified atom stereocenters. The van der Waals surface area contributed by atoms with E-state index in [-0.39, 0.29) is 17.7 Å². The van der Waals surface area contributed by atoms with Gasteiger partial charge in [-0.1, -0.05) is 54.9 Å². The van der Waals surface area contributed by atoms with E-state index in [1.54, 1.807) is 41.9 Å². The van der Waals surface area contributed by atoms with Crippen molar-refractivity contribution in [2.45, 2.75) is 33.7 Å². The van der Waals surface area contributed by atoms with Crippen LogP contribution < -0.4 is 4.74 Å². The molecule has 7 nitrogen and oxygen atoms in total. The number of rotatable bonds is 8. The van der Waals surface area contributed by atoms with Crippen LogP contribution >= 0.6 is 11.6 Å². The Morgan fingerprint density at radius 2 is 1.74 bits per heavy atom. The molecule has 8 heteroatoms. The van der Waals surface area contributed by atoms with E-state index in [1.165, 1.54) is 0 Å². The van der Waals surface area contributed by atoms with Crippen molar-refractivity contribution in [3.63, 3.8) is 0 Å². The lowest BCUT2D eigenvalue weighted by molar-refractivity contribution is -0.141. The number of amides is 2. The van der Waals surface area contributed by atoms with Crippen molar-refractivity contribution < 1.29 is 14.3 Å². The zero-order valence-corrected chi connectivity index (χ0v) is 24.4. The summed E-state index contributed by atoms with van der Waals surface area (Å²) in [6.45, 7) is 6.23. The molecule has 5 rings (SSSR count). The number of ether oxygens (including phenoxy) is 1. The first-order valence-electron chi connectivity index (χ1n) is 13.6. The summed E-state index contributed by atoms with van der Waals surface area (Å²) in [4.78, 5) is 28.2. The smallest absolute Gasteiger partial charge is 0.271 e. The summed E-state index contributed by atoms with van der Waals surface area (Å²) in [5.41, 5.74) is 5.03. The summed E-state index contributed by atoms with van der Waals surface area (Å²) in [5, 5.41) is 15.2. The van der Waals surface area contributed by atoms with Gasteiger partial charge in [0.05, 0.1) is 24.5 Å². The number of halogens is 1. The van der Waals surface area contributed by atoms with Gasteiger partial charge in [-0.25, -0.2) is 4.68 Å². The van der Waals surface area contributed by atoms with E-state index in [0.717, 1.165) is 33.9 Å². The number of hydrogen-bond donors (Lipinski definition) is 0. The highest BCUT2D eigenvalue weighted by molar-refractivity contribution is 6.31. The van der Waals surface area contributed by atoms with E-state index in [9.17, 15) is 14.9 Å². The number of nitriles is 1. The van der Waals surface area contributed by atoms with Crippen LogP contribution in [0.4, 0.5) is 0 Å². The highest BCUT2D eigenvalue weighted by Crippen LogP contribution is 2.33. The predicted octanol–water partition coefficient (Wildman–Crippen LogP) is 7.08. The number of carbonyl (C=O) groups is 2. The molecule has 0 saturated heterocycles. The SMILES string of the molecule is CCCOc1ccc(-c2nn(-c3ccccc3)cc2/C=C2/C(=O)N(Cc3ccccc3Cl)C(=O)C(C#N)=C2C)cc1C. The van der Waals surface area contributed by atoms with Crippen LogP contribution in [0.5, 0.6) is 5.75 Å². The van der Waals surface area contributed by atoms with Gasteiger partial charge in [-0.3, -0.25) is 14.5 Å². The fourth-order valence-electron chi connectivity index (χ4n) is 4.83. The molecule has 4 aromatic rings. The second-order valence-electron chi connectivity index (χ2n) is 10.00. The summed E-state index contributed by atoms with van der Waals surface area (Å²) in [6, 6.07) is 24.5. The van der Waals surface area contributed by atoms with Crippen LogP contribution in [0.3, 0.4) is 0 Å². The molecular formula is C34H29ClN4O3. The zero-order valence-electron chi connectivity index (χ0n) is 23.6. The third kappa shape index (κ3) is 5.63. The Morgan fingerprint density at radius 3 is 2.43 bits per heavy atom. The highest BCUT2D eigenvalue weighted by Gasteiger charge is 2.36. The van der Waals surface area contributed by atoms with Gasteiger partial charge in [0.2, 0.25) is 0 Å². The van der Waals surface area contributed by atoms with Gasteiger partial charge in [0.1, 0.15) is 17.4 Å². The van der Waals surface area contributed by atoms with E-state index in [0.29, 0.717) is 34.0 Å². The first kappa shape index (κ1) is 28.6. The molecule has 42 heavy (non-hydrogen) atoms. The number of carbonyl (C=O) groups excluding carboxylic acids is 2. The third-order valence-corrected chi connectivity index (χ3v) is 7.45. The normalized spacial score (nSPS) is 14.5. The van der Waals surface area contributed by atoms with E-state index < -0.39 is 11.8 Å². The van der Waals surface area contributed by atoms with Crippen LogP contribution in [0.15, 0.2) is 95.7 Å². The Balaban J connectivity index is 1.64. The maximum atomic E-state index is 13.9. The molecule has 1 aliphatic heterocycles. The van der Waals surface area contributed by atoms with Crippen LogP contribution in [-0.2, 0) is 16.1 Å². The third-order valence-electron chi connectivity index (χ3n) is 7.08. The molecular weight excluding hydrogens is 548 g/mol. The van der Waals surface area contributed by atoms with E-state index in [4.69, 9.17) is 21.4 Å². The molecule has 0 saturated carbocycles.